The molecular weight excluding hydrogens is 540 g/mol. The molecular formula is C31H33ClN6O3. The number of benzene rings is 3. The van der Waals surface area contributed by atoms with E-state index in [0.29, 0.717) is 28.7 Å². The van der Waals surface area contributed by atoms with E-state index in [1.165, 1.54) is 4.80 Å². The van der Waals surface area contributed by atoms with Crippen LogP contribution in [-0.4, -0.2) is 50.1 Å². The number of halogens is 1. The molecule has 1 atom stereocenters. The Labute approximate surface area is 244 Å². The molecule has 4 aromatic rings. The Morgan fingerprint density at radius 3 is 2.39 bits per heavy atom. The molecule has 0 bridgehead atoms. The Morgan fingerprint density at radius 1 is 1.00 bits per heavy atom. The average molecular weight is 573 g/mol. The van der Waals surface area contributed by atoms with Crippen LogP contribution in [0, 0.1) is 0 Å². The first kappa shape index (κ1) is 28.3. The van der Waals surface area contributed by atoms with Gasteiger partial charge in [0.1, 0.15) is 18.3 Å². The summed E-state index contributed by atoms with van der Waals surface area (Å²) < 4.78 is 5.35. The lowest BCUT2D eigenvalue weighted by Gasteiger charge is -2.39. The second kappa shape index (κ2) is 13.4. The summed E-state index contributed by atoms with van der Waals surface area (Å²) in [6.07, 6.45) is 4.76. The molecule has 1 aliphatic carbocycles. The van der Waals surface area contributed by atoms with Gasteiger partial charge in [0.15, 0.2) is 0 Å². The summed E-state index contributed by atoms with van der Waals surface area (Å²) in [7, 11) is 1.60. The number of carbonyl (C=O) groups is 2. The fourth-order valence-electron chi connectivity index (χ4n) is 5.25. The van der Waals surface area contributed by atoms with Gasteiger partial charge in [0, 0.05) is 23.2 Å². The summed E-state index contributed by atoms with van der Waals surface area (Å²) in [6, 6.07) is 23.2. The average Bonchev–Trinajstić information content (AvgIpc) is 3.48. The first-order valence-corrected chi connectivity index (χ1v) is 14.2. The van der Waals surface area contributed by atoms with Gasteiger partial charge in [-0.05, 0) is 65.6 Å². The Hall–Kier alpha value is -4.24. The zero-order chi connectivity index (χ0) is 28.6. The maximum Gasteiger partial charge on any atom is 0.247 e. The minimum absolute atomic E-state index is 0.0925. The van der Waals surface area contributed by atoms with Gasteiger partial charge in [-0.3, -0.25) is 9.59 Å². The van der Waals surface area contributed by atoms with Crippen LogP contribution in [0.3, 0.4) is 0 Å². The fourth-order valence-corrected chi connectivity index (χ4v) is 5.38. The van der Waals surface area contributed by atoms with E-state index in [1.54, 1.807) is 36.3 Å². The van der Waals surface area contributed by atoms with Gasteiger partial charge in [0.05, 0.1) is 7.11 Å². The third-order valence-electron chi connectivity index (χ3n) is 7.36. The molecule has 0 aliphatic heterocycles. The molecule has 1 aliphatic rings. The molecule has 9 nitrogen and oxygen atoms in total. The lowest BCUT2D eigenvalue weighted by Crippen LogP contribution is -2.50. The Bertz CT molecular complexity index is 1440. The van der Waals surface area contributed by atoms with Crippen LogP contribution in [0.25, 0.3) is 11.4 Å². The molecule has 1 aromatic heterocycles. The molecule has 3 aromatic carbocycles. The number of nitrogens with zero attached hydrogens (tertiary/aromatic N) is 5. The van der Waals surface area contributed by atoms with E-state index < -0.39 is 6.04 Å². The number of aromatic nitrogens is 4. The Balaban J connectivity index is 1.44. The second-order valence-electron chi connectivity index (χ2n) is 10.1. The number of hydrogen-bond donors (Lipinski definition) is 1. The highest BCUT2D eigenvalue weighted by molar-refractivity contribution is 6.30. The molecule has 0 radical (unpaired) electrons. The summed E-state index contributed by atoms with van der Waals surface area (Å²) >= 11 is 6.01. The van der Waals surface area contributed by atoms with E-state index in [1.807, 2.05) is 54.6 Å². The molecule has 1 saturated carbocycles. The van der Waals surface area contributed by atoms with Crippen molar-refractivity contribution in [1.82, 2.24) is 30.4 Å². The van der Waals surface area contributed by atoms with Crippen molar-refractivity contribution in [3.05, 3.63) is 95.0 Å². The quantitative estimate of drug-likeness (QED) is 0.279. The number of ether oxygens (including phenoxy) is 1. The largest absolute Gasteiger partial charge is 0.497 e. The van der Waals surface area contributed by atoms with Crippen LogP contribution in [0.4, 0.5) is 0 Å². The van der Waals surface area contributed by atoms with E-state index in [4.69, 9.17) is 16.3 Å². The van der Waals surface area contributed by atoms with Crippen molar-refractivity contribution in [3.63, 3.8) is 0 Å². The van der Waals surface area contributed by atoms with Crippen molar-refractivity contribution >= 4 is 23.4 Å². The van der Waals surface area contributed by atoms with Crippen LogP contribution >= 0.6 is 11.6 Å². The summed E-state index contributed by atoms with van der Waals surface area (Å²) in [6.45, 7) is 0.212. The number of hydrogen-bond acceptors (Lipinski definition) is 6. The Morgan fingerprint density at radius 2 is 1.71 bits per heavy atom. The van der Waals surface area contributed by atoms with Gasteiger partial charge in [-0.25, -0.2) is 0 Å². The first-order chi connectivity index (χ1) is 20.0. The third-order valence-corrected chi connectivity index (χ3v) is 7.61. The van der Waals surface area contributed by atoms with Crippen LogP contribution in [0.1, 0.15) is 49.3 Å². The summed E-state index contributed by atoms with van der Waals surface area (Å²) in [5.74, 6) is 0.583. The van der Waals surface area contributed by atoms with Crippen LogP contribution in [-0.2, 0) is 22.7 Å². The monoisotopic (exact) mass is 572 g/mol. The highest BCUT2D eigenvalue weighted by atomic mass is 35.5. The summed E-state index contributed by atoms with van der Waals surface area (Å²) in [5, 5.41) is 16.4. The van der Waals surface area contributed by atoms with Gasteiger partial charge in [0.25, 0.3) is 0 Å². The molecule has 5 rings (SSSR count). The van der Waals surface area contributed by atoms with E-state index in [9.17, 15) is 9.59 Å². The van der Waals surface area contributed by atoms with Crippen molar-refractivity contribution in [2.24, 2.45) is 0 Å². The highest BCUT2D eigenvalue weighted by Crippen LogP contribution is 2.32. The number of nitrogens with one attached hydrogen (secondary N) is 1. The highest BCUT2D eigenvalue weighted by Gasteiger charge is 2.37. The molecule has 1 N–H and O–H groups in total. The lowest BCUT2D eigenvalue weighted by molar-refractivity contribution is -0.145. The van der Waals surface area contributed by atoms with Gasteiger partial charge in [-0.15, -0.1) is 10.2 Å². The molecule has 0 saturated heterocycles. The van der Waals surface area contributed by atoms with Gasteiger partial charge in [-0.2, -0.15) is 4.80 Å². The number of tetrazole rings is 1. The van der Waals surface area contributed by atoms with Gasteiger partial charge >= 0.3 is 0 Å². The van der Waals surface area contributed by atoms with E-state index in [-0.39, 0.29) is 24.4 Å². The third kappa shape index (κ3) is 7.10. The number of methoxy groups -OCH3 is 1. The lowest BCUT2D eigenvalue weighted by atomic mass is 9.91. The van der Waals surface area contributed by atoms with E-state index >= 15 is 0 Å². The van der Waals surface area contributed by atoms with Crippen LogP contribution < -0.4 is 10.1 Å². The Kier molecular flexibility index (Phi) is 9.26. The predicted octanol–water partition coefficient (Wildman–Crippen LogP) is 5.22. The van der Waals surface area contributed by atoms with Gasteiger partial charge in [0.2, 0.25) is 17.6 Å². The van der Waals surface area contributed by atoms with Crippen molar-refractivity contribution < 1.29 is 14.3 Å². The maximum absolute atomic E-state index is 14.1. The number of carbonyl (C=O) groups excluding carboxylic acids is 2. The molecule has 1 heterocycles. The van der Waals surface area contributed by atoms with Crippen LogP contribution in [0.15, 0.2) is 78.9 Å². The number of amides is 2. The molecule has 2 amide bonds. The smallest absolute Gasteiger partial charge is 0.247 e. The molecule has 0 spiro atoms. The molecule has 1 fully saturated rings. The zero-order valence-electron chi connectivity index (χ0n) is 22.9. The van der Waals surface area contributed by atoms with Gasteiger partial charge < -0.3 is 15.0 Å². The topological polar surface area (TPSA) is 102 Å². The molecule has 1 unspecified atom stereocenters. The standard InChI is InChI=1S/C31H33ClN6O3/c1-41-27-18-14-23(15-19-27)29(31(40)33-20-22-8-4-2-5-9-22)38(26-10-6-3-7-11-26)28(39)21-37-35-30(34-36-37)24-12-16-25(32)17-13-24/h2,4-5,8-9,12-19,26,29H,3,6-7,10-11,20-21H2,1H3,(H,33,40). The van der Waals surface area contributed by atoms with Crippen LogP contribution in [0.2, 0.25) is 5.02 Å². The van der Waals surface area contributed by atoms with E-state index in [2.05, 4.69) is 20.7 Å². The van der Waals surface area contributed by atoms with Crippen molar-refractivity contribution in [2.75, 3.05) is 7.11 Å². The zero-order valence-corrected chi connectivity index (χ0v) is 23.7. The van der Waals surface area contributed by atoms with Gasteiger partial charge in [-0.1, -0.05) is 73.3 Å². The van der Waals surface area contributed by atoms with Crippen molar-refractivity contribution in [2.45, 2.75) is 57.3 Å². The molecule has 41 heavy (non-hydrogen) atoms. The minimum atomic E-state index is -0.834. The summed E-state index contributed by atoms with van der Waals surface area (Å²) in [5.41, 5.74) is 2.43. The van der Waals surface area contributed by atoms with Crippen molar-refractivity contribution in [1.29, 1.82) is 0 Å². The fraction of sp³-hybridized carbons (Fsp3) is 0.323. The normalized spacial score (nSPS) is 14.3. The summed E-state index contributed by atoms with van der Waals surface area (Å²) in [4.78, 5) is 31.1. The van der Waals surface area contributed by atoms with E-state index in [0.717, 1.165) is 43.2 Å². The molecule has 212 valence electrons. The van der Waals surface area contributed by atoms with Crippen molar-refractivity contribution in [3.8, 4) is 17.1 Å². The van der Waals surface area contributed by atoms with Crippen LogP contribution in [0.5, 0.6) is 5.75 Å². The first-order valence-electron chi connectivity index (χ1n) is 13.8. The number of rotatable bonds is 10. The minimum Gasteiger partial charge on any atom is -0.497 e. The maximum atomic E-state index is 14.1. The SMILES string of the molecule is COc1ccc(C(C(=O)NCc2ccccc2)N(C(=O)Cn2nnc(-c3ccc(Cl)cc3)n2)C2CCCCC2)cc1. The second-order valence-corrected chi connectivity index (χ2v) is 10.6. The predicted molar refractivity (Wildman–Crippen MR) is 156 cm³/mol. The molecule has 10 heteroatoms.